The summed E-state index contributed by atoms with van der Waals surface area (Å²) >= 11 is 0. The minimum atomic E-state index is -4.67. The molecule has 0 amide bonds. The van der Waals surface area contributed by atoms with Gasteiger partial charge in [0.2, 0.25) is 0 Å². The van der Waals surface area contributed by atoms with Crippen LogP contribution in [0.4, 0.5) is 0 Å². The third-order valence-electron chi connectivity index (χ3n) is 3.19. The molecular formula is C16H20O8S2. The summed E-state index contributed by atoms with van der Waals surface area (Å²) in [6.07, 6.45) is -2.17. The van der Waals surface area contributed by atoms with Crippen LogP contribution in [0.5, 0.6) is 0 Å². The van der Waals surface area contributed by atoms with E-state index < -0.39 is 43.9 Å². The third-order valence-corrected chi connectivity index (χ3v) is 4.84. The van der Waals surface area contributed by atoms with E-state index in [1.807, 2.05) is 0 Å². The van der Waals surface area contributed by atoms with Crippen LogP contribution < -0.4 is 0 Å². The molecule has 2 unspecified atom stereocenters. The highest BCUT2D eigenvalue weighted by atomic mass is 32.3. The van der Waals surface area contributed by atoms with Gasteiger partial charge in [0.1, 0.15) is 0 Å². The number of aliphatic hydroxyl groups excluding tert-OH is 2. The lowest BCUT2D eigenvalue weighted by atomic mass is 10.1. The van der Waals surface area contributed by atoms with E-state index in [0.717, 1.165) is 0 Å². The van der Waals surface area contributed by atoms with Crippen LogP contribution in [-0.4, -0.2) is 47.7 Å². The van der Waals surface area contributed by atoms with Crippen LogP contribution in [0, 0.1) is 0 Å². The molecule has 0 saturated carbocycles. The van der Waals surface area contributed by atoms with Crippen LogP contribution in [0.1, 0.15) is 23.3 Å². The van der Waals surface area contributed by atoms with Crippen molar-refractivity contribution in [2.75, 3.05) is 11.5 Å². The van der Waals surface area contributed by atoms with Crippen molar-refractivity contribution in [1.29, 1.82) is 0 Å². The molecule has 0 aliphatic carbocycles. The minimum absolute atomic E-state index is 0.402. The number of rotatable bonds is 6. The van der Waals surface area contributed by atoms with Crippen molar-refractivity contribution in [1.82, 2.24) is 0 Å². The molecule has 0 aliphatic heterocycles. The molecular weight excluding hydrogens is 384 g/mol. The Morgan fingerprint density at radius 1 is 0.654 bits per heavy atom. The van der Waals surface area contributed by atoms with Crippen molar-refractivity contribution in [2.24, 2.45) is 0 Å². The number of sulfone groups is 1. The zero-order valence-corrected chi connectivity index (χ0v) is 15.2. The van der Waals surface area contributed by atoms with E-state index >= 15 is 0 Å². The van der Waals surface area contributed by atoms with Crippen molar-refractivity contribution in [2.45, 2.75) is 12.2 Å². The predicted molar refractivity (Wildman–Crippen MR) is 95.6 cm³/mol. The molecule has 0 heterocycles. The molecule has 0 fully saturated rings. The predicted octanol–water partition coefficient (Wildman–Crippen LogP) is 1.22. The van der Waals surface area contributed by atoms with Crippen LogP contribution in [0.3, 0.4) is 0 Å². The maximum absolute atomic E-state index is 12.1. The summed E-state index contributed by atoms with van der Waals surface area (Å²) in [7, 11) is -8.24. The van der Waals surface area contributed by atoms with Crippen molar-refractivity contribution < 1.29 is 36.2 Å². The first kappa shape index (κ1) is 22.2. The SMILES string of the molecule is O=S(=O)(CC(O)c1ccccc1)CC(O)c1ccccc1.O=S(=O)(O)O. The fraction of sp³-hybridized carbons (Fsp3) is 0.250. The lowest BCUT2D eigenvalue weighted by molar-refractivity contribution is 0.194. The van der Waals surface area contributed by atoms with Crippen LogP contribution in [-0.2, 0) is 20.2 Å². The molecule has 2 aromatic rings. The highest BCUT2D eigenvalue weighted by Crippen LogP contribution is 2.19. The first-order chi connectivity index (χ1) is 12.0. The summed E-state index contributed by atoms with van der Waals surface area (Å²) in [5.41, 5.74) is 1.10. The minimum Gasteiger partial charge on any atom is -0.387 e. The molecule has 8 nitrogen and oxygen atoms in total. The second-order valence-corrected chi connectivity index (χ2v) is 8.43. The van der Waals surface area contributed by atoms with Gasteiger partial charge >= 0.3 is 10.4 Å². The van der Waals surface area contributed by atoms with Crippen LogP contribution >= 0.6 is 0 Å². The summed E-state index contributed by atoms with van der Waals surface area (Å²) in [6, 6.07) is 17.2. The number of aliphatic hydroxyl groups is 2. The molecule has 2 atom stereocenters. The third kappa shape index (κ3) is 9.61. The van der Waals surface area contributed by atoms with Gasteiger partial charge in [-0.2, -0.15) is 8.42 Å². The van der Waals surface area contributed by atoms with E-state index in [2.05, 4.69) is 0 Å². The Labute approximate surface area is 152 Å². The monoisotopic (exact) mass is 404 g/mol. The maximum atomic E-state index is 12.1. The first-order valence-corrected chi connectivity index (χ1v) is 10.6. The Balaban J connectivity index is 0.000000597. The normalized spacial score (nSPS) is 14.0. The molecule has 2 rings (SSSR count). The van der Waals surface area contributed by atoms with Gasteiger partial charge in [-0.3, -0.25) is 9.11 Å². The summed E-state index contributed by atoms with van der Waals surface area (Å²) in [5.74, 6) is -0.804. The summed E-state index contributed by atoms with van der Waals surface area (Å²) in [6.45, 7) is 0. The van der Waals surface area contributed by atoms with Gasteiger partial charge in [-0.05, 0) is 11.1 Å². The molecule has 0 aliphatic rings. The number of benzene rings is 2. The van der Waals surface area contributed by atoms with Crippen molar-refractivity contribution in [3.63, 3.8) is 0 Å². The summed E-state index contributed by atoms with van der Waals surface area (Å²) < 4.78 is 55.7. The lowest BCUT2D eigenvalue weighted by Crippen LogP contribution is -2.21. The van der Waals surface area contributed by atoms with Gasteiger partial charge in [0.25, 0.3) is 0 Å². The molecule has 2 aromatic carbocycles. The van der Waals surface area contributed by atoms with Gasteiger partial charge < -0.3 is 10.2 Å². The van der Waals surface area contributed by atoms with Gasteiger partial charge in [0.15, 0.2) is 9.84 Å². The van der Waals surface area contributed by atoms with E-state index in [0.29, 0.717) is 11.1 Å². The topological polar surface area (TPSA) is 149 Å². The average Bonchev–Trinajstić information content (AvgIpc) is 2.54. The molecule has 0 spiro atoms. The Bertz CT molecular complexity index is 803. The molecule has 144 valence electrons. The Kier molecular flexibility index (Phi) is 8.34. The van der Waals surface area contributed by atoms with Gasteiger partial charge in [0.05, 0.1) is 23.7 Å². The van der Waals surface area contributed by atoms with E-state index in [-0.39, 0.29) is 0 Å². The summed E-state index contributed by atoms with van der Waals surface area (Å²) in [5, 5.41) is 20.0. The molecule has 10 heteroatoms. The van der Waals surface area contributed by atoms with Gasteiger partial charge in [-0.25, -0.2) is 8.42 Å². The maximum Gasteiger partial charge on any atom is 0.394 e. The average molecular weight is 404 g/mol. The molecule has 26 heavy (non-hydrogen) atoms. The fourth-order valence-electron chi connectivity index (χ4n) is 2.09. The smallest absolute Gasteiger partial charge is 0.387 e. The largest absolute Gasteiger partial charge is 0.394 e. The highest BCUT2D eigenvalue weighted by Gasteiger charge is 2.23. The van der Waals surface area contributed by atoms with Crippen molar-refractivity contribution in [3.05, 3.63) is 71.8 Å². The second kappa shape index (κ2) is 9.76. The molecule has 0 bridgehead atoms. The van der Waals surface area contributed by atoms with E-state index in [9.17, 15) is 18.6 Å². The first-order valence-electron chi connectivity index (χ1n) is 7.34. The lowest BCUT2D eigenvalue weighted by Gasteiger charge is -2.14. The molecule has 0 radical (unpaired) electrons. The second-order valence-electron chi connectivity index (χ2n) is 5.38. The Hall–Kier alpha value is -1.82. The van der Waals surface area contributed by atoms with Crippen LogP contribution in [0.15, 0.2) is 60.7 Å². The van der Waals surface area contributed by atoms with Crippen LogP contribution in [0.25, 0.3) is 0 Å². The number of hydrogen-bond acceptors (Lipinski definition) is 6. The highest BCUT2D eigenvalue weighted by molar-refractivity contribution is 7.91. The van der Waals surface area contributed by atoms with E-state index in [4.69, 9.17) is 17.5 Å². The molecule has 0 saturated heterocycles. The van der Waals surface area contributed by atoms with Gasteiger partial charge in [0, 0.05) is 0 Å². The summed E-state index contributed by atoms with van der Waals surface area (Å²) in [4.78, 5) is 0. The van der Waals surface area contributed by atoms with Gasteiger partial charge in [-0.1, -0.05) is 60.7 Å². The molecule has 4 N–H and O–H groups in total. The van der Waals surface area contributed by atoms with Gasteiger partial charge in [-0.15, -0.1) is 0 Å². The van der Waals surface area contributed by atoms with Crippen molar-refractivity contribution >= 4 is 20.2 Å². The Morgan fingerprint density at radius 3 is 1.19 bits per heavy atom. The van der Waals surface area contributed by atoms with Crippen LogP contribution in [0.2, 0.25) is 0 Å². The quantitative estimate of drug-likeness (QED) is 0.525. The zero-order chi connectivity index (χ0) is 19.8. The molecule has 0 aromatic heterocycles. The standard InChI is InChI=1S/C16H18O4S.H2O4S/c17-15(13-7-3-1-4-8-13)11-21(19,20)12-16(18)14-9-5-2-6-10-14;1-5(2,3)4/h1-10,15-18H,11-12H2;(H2,1,2,3,4). The fourth-order valence-corrected chi connectivity index (χ4v) is 3.58. The van der Waals surface area contributed by atoms with Crippen molar-refractivity contribution in [3.8, 4) is 0 Å². The zero-order valence-electron chi connectivity index (χ0n) is 13.6. The van der Waals surface area contributed by atoms with E-state index in [1.165, 1.54) is 0 Å². The van der Waals surface area contributed by atoms with E-state index in [1.54, 1.807) is 60.7 Å². The Morgan fingerprint density at radius 2 is 0.923 bits per heavy atom. The number of hydrogen-bond donors (Lipinski definition) is 4.